The van der Waals surface area contributed by atoms with Crippen molar-refractivity contribution in [2.45, 2.75) is 13.8 Å². The van der Waals surface area contributed by atoms with Crippen LogP contribution in [0.3, 0.4) is 0 Å². The summed E-state index contributed by atoms with van der Waals surface area (Å²) in [5, 5.41) is 0.602. The number of rotatable bonds is 1. The van der Waals surface area contributed by atoms with E-state index in [-0.39, 0.29) is 6.03 Å². The number of hydrogen-bond donors (Lipinski definition) is 0. The van der Waals surface area contributed by atoms with Crippen molar-refractivity contribution in [3.63, 3.8) is 0 Å². The van der Waals surface area contributed by atoms with Gasteiger partial charge in [-0.25, -0.2) is 14.8 Å². The highest BCUT2D eigenvalue weighted by Crippen LogP contribution is 2.34. The number of halogens is 1. The van der Waals surface area contributed by atoms with Crippen molar-refractivity contribution in [1.29, 1.82) is 0 Å². The molecule has 1 fully saturated rings. The van der Waals surface area contributed by atoms with Crippen LogP contribution in [0.2, 0.25) is 5.02 Å². The number of carbonyl (C=O) groups is 1. The summed E-state index contributed by atoms with van der Waals surface area (Å²) in [6.45, 7) is 7.65. The van der Waals surface area contributed by atoms with Gasteiger partial charge in [0.1, 0.15) is 12.4 Å². The number of anilines is 2. The summed E-state index contributed by atoms with van der Waals surface area (Å²) < 4.78 is 5.65. The van der Waals surface area contributed by atoms with E-state index in [0.29, 0.717) is 50.1 Å². The van der Waals surface area contributed by atoms with E-state index in [9.17, 15) is 4.79 Å². The monoisotopic (exact) mass is 387 g/mol. The highest BCUT2D eigenvalue weighted by atomic mass is 35.5. The molecule has 2 aromatic rings. The first-order valence-electron chi connectivity index (χ1n) is 9.07. The molecule has 1 aromatic heterocycles. The topological polar surface area (TPSA) is 61.8 Å². The van der Waals surface area contributed by atoms with Crippen molar-refractivity contribution in [2.24, 2.45) is 0 Å². The maximum absolute atomic E-state index is 13.1. The number of carbonyl (C=O) groups excluding carboxylic acids is 1. The lowest BCUT2D eigenvalue weighted by Crippen LogP contribution is -2.54. The molecule has 0 spiro atoms. The van der Waals surface area contributed by atoms with E-state index in [1.54, 1.807) is 17.0 Å². The van der Waals surface area contributed by atoms with Crippen molar-refractivity contribution >= 4 is 29.3 Å². The lowest BCUT2D eigenvalue weighted by molar-refractivity contribution is 0.196. The van der Waals surface area contributed by atoms with E-state index >= 15 is 0 Å². The number of benzene rings is 1. The molecule has 0 aliphatic carbocycles. The van der Waals surface area contributed by atoms with E-state index in [1.165, 1.54) is 0 Å². The molecular weight excluding hydrogens is 366 g/mol. The summed E-state index contributed by atoms with van der Waals surface area (Å²) in [6.07, 6.45) is 0. The van der Waals surface area contributed by atoms with Crippen LogP contribution in [0.15, 0.2) is 24.3 Å². The second-order valence-electron chi connectivity index (χ2n) is 6.82. The third-order valence-electron chi connectivity index (χ3n) is 4.82. The highest BCUT2D eigenvalue weighted by Gasteiger charge is 2.30. The first kappa shape index (κ1) is 17.9. The van der Waals surface area contributed by atoms with Gasteiger partial charge in [-0.1, -0.05) is 11.6 Å². The molecule has 4 rings (SSSR count). The number of aryl methyl sites for hydroxylation is 2. The first-order valence-corrected chi connectivity index (χ1v) is 9.45. The van der Waals surface area contributed by atoms with Crippen molar-refractivity contribution < 1.29 is 9.53 Å². The molecule has 27 heavy (non-hydrogen) atoms. The largest absolute Gasteiger partial charge is 0.489 e. The molecule has 3 heterocycles. The van der Waals surface area contributed by atoms with E-state index in [1.807, 2.05) is 30.9 Å². The van der Waals surface area contributed by atoms with E-state index in [2.05, 4.69) is 14.9 Å². The molecule has 1 saturated heterocycles. The Morgan fingerprint density at radius 3 is 2.44 bits per heavy atom. The number of fused-ring (bicyclic) bond motifs is 1. The maximum atomic E-state index is 13.1. The Hall–Kier alpha value is -2.54. The summed E-state index contributed by atoms with van der Waals surface area (Å²) in [7, 11) is 0. The van der Waals surface area contributed by atoms with Crippen LogP contribution < -0.4 is 14.5 Å². The summed E-state index contributed by atoms with van der Waals surface area (Å²) in [4.78, 5) is 27.9. The Bertz CT molecular complexity index is 847. The SMILES string of the molecule is Cc1cc(C)nc(N2CCN(C(=O)N3CCOc4cc(Cl)ccc43)CC2)n1. The summed E-state index contributed by atoms with van der Waals surface area (Å²) >= 11 is 6.04. The van der Waals surface area contributed by atoms with E-state index in [0.717, 1.165) is 23.0 Å². The average Bonchev–Trinajstić information content (AvgIpc) is 2.66. The van der Waals surface area contributed by atoms with Gasteiger partial charge in [0.25, 0.3) is 0 Å². The highest BCUT2D eigenvalue weighted by molar-refractivity contribution is 6.30. The molecule has 0 bridgehead atoms. The van der Waals surface area contributed by atoms with Crippen LogP contribution in [0.25, 0.3) is 0 Å². The Labute approximate surface area is 163 Å². The molecule has 0 radical (unpaired) electrons. The Morgan fingerprint density at radius 2 is 1.74 bits per heavy atom. The molecule has 2 amide bonds. The van der Waals surface area contributed by atoms with E-state index in [4.69, 9.17) is 16.3 Å². The van der Waals surface area contributed by atoms with Gasteiger partial charge in [0.2, 0.25) is 5.95 Å². The number of ether oxygens (including phenoxy) is 1. The lowest BCUT2D eigenvalue weighted by atomic mass is 10.2. The summed E-state index contributed by atoms with van der Waals surface area (Å²) in [5.41, 5.74) is 2.69. The van der Waals surface area contributed by atoms with Gasteiger partial charge in [-0.05, 0) is 32.0 Å². The molecule has 0 unspecified atom stereocenters. The van der Waals surface area contributed by atoms with Gasteiger partial charge in [-0.15, -0.1) is 0 Å². The number of piperazine rings is 1. The minimum atomic E-state index is 0.00265. The Morgan fingerprint density at radius 1 is 1.04 bits per heavy atom. The molecule has 0 N–H and O–H groups in total. The lowest BCUT2D eigenvalue weighted by Gasteiger charge is -2.39. The zero-order valence-corrected chi connectivity index (χ0v) is 16.2. The Balaban J connectivity index is 1.45. The van der Waals surface area contributed by atoms with Crippen LogP contribution >= 0.6 is 11.6 Å². The second kappa shape index (κ2) is 7.23. The molecule has 142 valence electrons. The minimum absolute atomic E-state index is 0.00265. The van der Waals surface area contributed by atoms with Gasteiger partial charge in [0.05, 0.1) is 12.2 Å². The van der Waals surface area contributed by atoms with Crippen molar-refractivity contribution in [3.8, 4) is 5.75 Å². The molecule has 0 atom stereocenters. The van der Waals surface area contributed by atoms with Crippen LogP contribution in [0.4, 0.5) is 16.4 Å². The third-order valence-corrected chi connectivity index (χ3v) is 5.05. The quantitative estimate of drug-likeness (QED) is 0.753. The smallest absolute Gasteiger partial charge is 0.324 e. The van der Waals surface area contributed by atoms with Crippen LogP contribution in [0.1, 0.15) is 11.4 Å². The number of amides is 2. The Kier molecular flexibility index (Phi) is 4.78. The minimum Gasteiger partial charge on any atom is -0.489 e. The number of nitrogens with zero attached hydrogens (tertiary/aromatic N) is 5. The van der Waals surface area contributed by atoms with Crippen LogP contribution in [-0.4, -0.2) is 60.2 Å². The number of hydrogen-bond acceptors (Lipinski definition) is 5. The van der Waals surface area contributed by atoms with Crippen LogP contribution in [0, 0.1) is 13.8 Å². The van der Waals surface area contributed by atoms with Gasteiger partial charge in [0, 0.05) is 48.7 Å². The van der Waals surface area contributed by atoms with Gasteiger partial charge in [-0.2, -0.15) is 0 Å². The zero-order valence-electron chi connectivity index (χ0n) is 15.5. The summed E-state index contributed by atoms with van der Waals surface area (Å²) in [5.74, 6) is 1.40. The fraction of sp³-hybridized carbons (Fsp3) is 0.421. The van der Waals surface area contributed by atoms with Gasteiger partial charge >= 0.3 is 6.03 Å². The maximum Gasteiger partial charge on any atom is 0.324 e. The molecule has 7 nitrogen and oxygen atoms in total. The number of aromatic nitrogens is 2. The second-order valence-corrected chi connectivity index (χ2v) is 7.26. The molecule has 1 aromatic carbocycles. The standard InChI is InChI=1S/C19H22ClN5O2/c1-13-11-14(2)22-18(21-13)23-5-7-24(8-6-23)19(26)25-9-10-27-17-12-15(20)3-4-16(17)25/h3-4,11-12H,5-10H2,1-2H3. The molecular formula is C19H22ClN5O2. The molecule has 8 heteroatoms. The van der Waals surface area contributed by atoms with Crippen molar-refractivity contribution in [3.05, 3.63) is 40.7 Å². The molecule has 2 aliphatic rings. The first-order chi connectivity index (χ1) is 13.0. The summed E-state index contributed by atoms with van der Waals surface area (Å²) in [6, 6.07) is 7.35. The average molecular weight is 388 g/mol. The fourth-order valence-corrected chi connectivity index (χ4v) is 3.67. The van der Waals surface area contributed by atoms with Crippen LogP contribution in [0.5, 0.6) is 5.75 Å². The third kappa shape index (κ3) is 3.64. The predicted octanol–water partition coefficient (Wildman–Crippen LogP) is 2.89. The zero-order chi connectivity index (χ0) is 19.0. The van der Waals surface area contributed by atoms with E-state index < -0.39 is 0 Å². The van der Waals surface area contributed by atoms with Crippen LogP contribution in [-0.2, 0) is 0 Å². The van der Waals surface area contributed by atoms with Crippen molar-refractivity contribution in [2.75, 3.05) is 49.1 Å². The predicted molar refractivity (Wildman–Crippen MR) is 105 cm³/mol. The number of urea groups is 1. The molecule has 2 aliphatic heterocycles. The normalized spacial score (nSPS) is 16.8. The van der Waals surface area contributed by atoms with Crippen molar-refractivity contribution in [1.82, 2.24) is 14.9 Å². The van der Waals surface area contributed by atoms with Gasteiger partial charge < -0.3 is 14.5 Å². The molecule has 0 saturated carbocycles. The van der Waals surface area contributed by atoms with Gasteiger partial charge in [-0.3, -0.25) is 4.90 Å². The van der Waals surface area contributed by atoms with Gasteiger partial charge in [0.15, 0.2) is 0 Å². The fourth-order valence-electron chi connectivity index (χ4n) is 3.51.